The molecule has 1 amide bonds. The number of nitrogens with zero attached hydrogens (tertiary/aromatic N) is 2. The van der Waals surface area contributed by atoms with Gasteiger partial charge in [0, 0.05) is 37.1 Å². The van der Waals surface area contributed by atoms with Crippen LogP contribution in [0, 0.1) is 13.8 Å². The zero-order valence-electron chi connectivity index (χ0n) is 16.6. The molecule has 0 aliphatic heterocycles. The maximum atomic E-state index is 12.4. The SMILES string of the molecule is Cc1ccc(S(=O)(=O)NCCC(=O)Nc2cccc(Oc3cnccn3)c2)cc1C. The third kappa shape index (κ3) is 5.85. The van der Waals surface area contributed by atoms with Crippen molar-refractivity contribution in [3.8, 4) is 11.6 Å². The van der Waals surface area contributed by atoms with Crippen LogP contribution in [0.25, 0.3) is 0 Å². The van der Waals surface area contributed by atoms with Gasteiger partial charge in [-0.2, -0.15) is 0 Å². The third-order valence-electron chi connectivity index (χ3n) is 4.31. The molecule has 8 nitrogen and oxygen atoms in total. The topological polar surface area (TPSA) is 110 Å². The van der Waals surface area contributed by atoms with Gasteiger partial charge in [0.15, 0.2) is 0 Å². The van der Waals surface area contributed by atoms with Crippen molar-refractivity contribution < 1.29 is 17.9 Å². The summed E-state index contributed by atoms with van der Waals surface area (Å²) in [6.45, 7) is 3.75. The normalized spacial score (nSPS) is 11.1. The van der Waals surface area contributed by atoms with E-state index < -0.39 is 10.0 Å². The van der Waals surface area contributed by atoms with Gasteiger partial charge in [0.05, 0.1) is 11.1 Å². The molecule has 1 aromatic heterocycles. The Bertz CT molecular complexity index is 1130. The molecule has 0 saturated carbocycles. The van der Waals surface area contributed by atoms with E-state index >= 15 is 0 Å². The van der Waals surface area contributed by atoms with Gasteiger partial charge in [-0.3, -0.25) is 9.78 Å². The number of aromatic nitrogens is 2. The first-order valence-electron chi connectivity index (χ1n) is 9.24. The van der Waals surface area contributed by atoms with E-state index in [1.807, 2.05) is 13.8 Å². The van der Waals surface area contributed by atoms with Gasteiger partial charge in [-0.1, -0.05) is 12.1 Å². The van der Waals surface area contributed by atoms with E-state index in [0.717, 1.165) is 11.1 Å². The summed E-state index contributed by atoms with van der Waals surface area (Å²) in [5.74, 6) is 0.500. The number of ether oxygens (including phenoxy) is 1. The van der Waals surface area contributed by atoms with Crippen LogP contribution in [0.15, 0.2) is 66.0 Å². The summed E-state index contributed by atoms with van der Waals surface area (Å²) >= 11 is 0. The fourth-order valence-electron chi connectivity index (χ4n) is 2.58. The molecule has 156 valence electrons. The number of hydrogen-bond acceptors (Lipinski definition) is 6. The second kappa shape index (κ2) is 9.47. The van der Waals surface area contributed by atoms with Crippen LogP contribution in [0.1, 0.15) is 17.5 Å². The smallest absolute Gasteiger partial charge is 0.240 e. The van der Waals surface area contributed by atoms with E-state index in [1.165, 1.54) is 18.6 Å². The fraction of sp³-hybridized carbons (Fsp3) is 0.190. The lowest BCUT2D eigenvalue weighted by atomic mass is 10.1. The van der Waals surface area contributed by atoms with Gasteiger partial charge in [0.25, 0.3) is 0 Å². The molecule has 30 heavy (non-hydrogen) atoms. The number of benzene rings is 2. The van der Waals surface area contributed by atoms with Crippen molar-refractivity contribution in [2.24, 2.45) is 0 Å². The number of sulfonamides is 1. The number of rotatable bonds is 8. The van der Waals surface area contributed by atoms with Crippen molar-refractivity contribution in [3.05, 3.63) is 72.2 Å². The van der Waals surface area contributed by atoms with Crippen molar-refractivity contribution in [2.75, 3.05) is 11.9 Å². The number of nitrogens with one attached hydrogen (secondary N) is 2. The van der Waals surface area contributed by atoms with Gasteiger partial charge in [0.1, 0.15) is 5.75 Å². The summed E-state index contributed by atoms with van der Waals surface area (Å²) in [5.41, 5.74) is 2.43. The summed E-state index contributed by atoms with van der Waals surface area (Å²) in [4.78, 5) is 20.3. The quantitative estimate of drug-likeness (QED) is 0.572. The second-order valence-electron chi connectivity index (χ2n) is 6.62. The zero-order valence-corrected chi connectivity index (χ0v) is 17.4. The van der Waals surface area contributed by atoms with Gasteiger partial charge < -0.3 is 10.1 Å². The van der Waals surface area contributed by atoms with Crippen molar-refractivity contribution in [2.45, 2.75) is 25.2 Å². The highest BCUT2D eigenvalue weighted by molar-refractivity contribution is 7.89. The van der Waals surface area contributed by atoms with Crippen LogP contribution < -0.4 is 14.8 Å². The van der Waals surface area contributed by atoms with Crippen molar-refractivity contribution >= 4 is 21.6 Å². The van der Waals surface area contributed by atoms with E-state index in [0.29, 0.717) is 17.3 Å². The lowest BCUT2D eigenvalue weighted by Gasteiger charge is -2.10. The van der Waals surface area contributed by atoms with Crippen LogP contribution in [0.4, 0.5) is 5.69 Å². The molecule has 3 rings (SSSR count). The van der Waals surface area contributed by atoms with Crippen molar-refractivity contribution in [1.82, 2.24) is 14.7 Å². The minimum atomic E-state index is -3.67. The molecule has 2 aromatic carbocycles. The Balaban J connectivity index is 1.53. The molecule has 0 atom stereocenters. The van der Waals surface area contributed by atoms with Crippen molar-refractivity contribution in [3.63, 3.8) is 0 Å². The van der Waals surface area contributed by atoms with Crippen LogP contribution in [0.5, 0.6) is 11.6 Å². The average Bonchev–Trinajstić information content (AvgIpc) is 2.71. The molecule has 0 fully saturated rings. The number of aryl methyl sites for hydroxylation is 2. The summed E-state index contributed by atoms with van der Waals surface area (Å²) in [7, 11) is -3.67. The molecule has 0 aliphatic rings. The van der Waals surface area contributed by atoms with Gasteiger partial charge in [0.2, 0.25) is 21.8 Å². The van der Waals surface area contributed by atoms with Gasteiger partial charge in [-0.05, 0) is 49.2 Å². The molecule has 0 unspecified atom stereocenters. The number of hydrogen-bond donors (Lipinski definition) is 2. The highest BCUT2D eigenvalue weighted by Gasteiger charge is 2.15. The molecule has 0 spiro atoms. The maximum Gasteiger partial charge on any atom is 0.240 e. The first-order valence-corrected chi connectivity index (χ1v) is 10.7. The molecule has 2 N–H and O–H groups in total. The summed E-state index contributed by atoms with van der Waals surface area (Å²) in [6.07, 6.45) is 4.52. The highest BCUT2D eigenvalue weighted by Crippen LogP contribution is 2.22. The molecular formula is C21H22N4O4S. The first kappa shape index (κ1) is 21.4. The van der Waals surface area contributed by atoms with Crippen LogP contribution in [0.3, 0.4) is 0 Å². The number of carbonyl (C=O) groups is 1. The molecule has 3 aromatic rings. The lowest BCUT2D eigenvalue weighted by molar-refractivity contribution is -0.116. The Morgan fingerprint density at radius 3 is 2.63 bits per heavy atom. The summed E-state index contributed by atoms with van der Waals surface area (Å²) in [6, 6.07) is 11.7. The van der Waals surface area contributed by atoms with Crippen LogP contribution in [-0.2, 0) is 14.8 Å². The lowest BCUT2D eigenvalue weighted by Crippen LogP contribution is -2.28. The predicted octanol–water partition coefficient (Wildman–Crippen LogP) is 3.19. The molecule has 0 radical (unpaired) electrons. The van der Waals surface area contributed by atoms with Gasteiger partial charge in [-0.25, -0.2) is 18.1 Å². The van der Waals surface area contributed by atoms with E-state index in [2.05, 4.69) is 20.0 Å². The second-order valence-corrected chi connectivity index (χ2v) is 8.38. The van der Waals surface area contributed by atoms with E-state index in [-0.39, 0.29) is 23.8 Å². The number of anilines is 1. The Labute approximate surface area is 175 Å². The van der Waals surface area contributed by atoms with Gasteiger partial charge in [-0.15, -0.1) is 0 Å². The number of carbonyl (C=O) groups excluding carboxylic acids is 1. The minimum Gasteiger partial charge on any atom is -0.437 e. The zero-order chi connectivity index (χ0) is 21.6. The predicted molar refractivity (Wildman–Crippen MR) is 113 cm³/mol. The van der Waals surface area contributed by atoms with E-state index in [9.17, 15) is 13.2 Å². The van der Waals surface area contributed by atoms with Crippen LogP contribution in [-0.4, -0.2) is 30.8 Å². The Morgan fingerprint density at radius 2 is 1.90 bits per heavy atom. The monoisotopic (exact) mass is 426 g/mol. The first-order chi connectivity index (χ1) is 14.3. The third-order valence-corrected chi connectivity index (χ3v) is 5.77. The van der Waals surface area contributed by atoms with E-state index in [1.54, 1.807) is 42.5 Å². The molecule has 0 saturated heterocycles. The standard InChI is InChI=1S/C21H22N4O4S/c1-15-6-7-19(12-16(15)2)30(27,28)24-9-8-20(26)25-17-4-3-5-18(13-17)29-21-14-22-10-11-23-21/h3-7,10-14,24H,8-9H2,1-2H3,(H,25,26). The van der Waals surface area contributed by atoms with Crippen molar-refractivity contribution in [1.29, 1.82) is 0 Å². The molecule has 0 aliphatic carbocycles. The van der Waals surface area contributed by atoms with E-state index in [4.69, 9.17) is 4.74 Å². The van der Waals surface area contributed by atoms with Gasteiger partial charge >= 0.3 is 0 Å². The maximum absolute atomic E-state index is 12.4. The summed E-state index contributed by atoms with van der Waals surface area (Å²) in [5, 5.41) is 2.72. The van der Waals surface area contributed by atoms with Crippen LogP contribution in [0.2, 0.25) is 0 Å². The Hall–Kier alpha value is -3.30. The summed E-state index contributed by atoms with van der Waals surface area (Å²) < 4.78 is 32.8. The average molecular weight is 426 g/mol. The minimum absolute atomic E-state index is 0.0146. The number of amides is 1. The molecule has 9 heteroatoms. The molecule has 0 bridgehead atoms. The Morgan fingerprint density at radius 1 is 1.07 bits per heavy atom. The fourth-order valence-corrected chi connectivity index (χ4v) is 3.70. The van der Waals surface area contributed by atoms with Crippen LogP contribution >= 0.6 is 0 Å². The largest absolute Gasteiger partial charge is 0.437 e. The highest BCUT2D eigenvalue weighted by atomic mass is 32.2. The molecular weight excluding hydrogens is 404 g/mol. The molecule has 1 heterocycles. The Kier molecular flexibility index (Phi) is 6.76.